The third-order valence-corrected chi connectivity index (χ3v) is 16.3. The SMILES string of the molecule is CC1(C)c2ccccc2-c2ccc(N(c3ccc(-c4ccc5c(c4)C4(c6ccccc6-c6ccccc64)c4c(-c6ccccc6)cccc4-5)cc3)c3ccc4c(c3)C(C)(C)c3ccccc3-4)cc21. The van der Waals surface area contributed by atoms with Crippen molar-refractivity contribution in [1.29, 1.82) is 0 Å². The van der Waals surface area contributed by atoms with E-state index in [0.29, 0.717) is 0 Å². The third kappa shape index (κ3) is 5.17. The van der Waals surface area contributed by atoms with Crippen LogP contribution in [0.5, 0.6) is 0 Å². The normalized spacial score (nSPS) is 15.1. The van der Waals surface area contributed by atoms with E-state index in [0.717, 1.165) is 17.1 Å². The topological polar surface area (TPSA) is 3.24 Å². The zero-order valence-electron chi connectivity index (χ0n) is 38.8. The van der Waals surface area contributed by atoms with Gasteiger partial charge in [-0.15, -0.1) is 0 Å². The Bertz CT molecular complexity index is 3580. The van der Waals surface area contributed by atoms with Crippen molar-refractivity contribution in [1.82, 2.24) is 0 Å². The van der Waals surface area contributed by atoms with Crippen LogP contribution in [0.25, 0.3) is 66.8 Å². The Morgan fingerprint density at radius 3 is 1.21 bits per heavy atom. The molecule has 0 aliphatic heterocycles. The quantitative estimate of drug-likeness (QED) is 0.167. The van der Waals surface area contributed by atoms with Crippen LogP contribution in [0.1, 0.15) is 72.2 Å². The molecule has 322 valence electrons. The lowest BCUT2D eigenvalue weighted by Crippen LogP contribution is -2.26. The van der Waals surface area contributed by atoms with E-state index in [2.05, 4.69) is 257 Å². The highest BCUT2D eigenvalue weighted by molar-refractivity contribution is 6.00. The number of benzene rings is 10. The van der Waals surface area contributed by atoms with Crippen LogP contribution in [-0.2, 0) is 16.2 Å². The van der Waals surface area contributed by atoms with Crippen molar-refractivity contribution in [3.05, 3.63) is 269 Å². The fourth-order valence-electron chi connectivity index (χ4n) is 13.2. The van der Waals surface area contributed by atoms with Gasteiger partial charge in [0.15, 0.2) is 0 Å². The van der Waals surface area contributed by atoms with Gasteiger partial charge in [0.25, 0.3) is 0 Å². The summed E-state index contributed by atoms with van der Waals surface area (Å²) in [5, 5.41) is 0. The van der Waals surface area contributed by atoms with Gasteiger partial charge in [0.1, 0.15) is 0 Å². The summed E-state index contributed by atoms with van der Waals surface area (Å²) in [6.07, 6.45) is 0. The van der Waals surface area contributed by atoms with E-state index in [9.17, 15) is 0 Å². The number of rotatable bonds is 5. The Labute approximate surface area is 399 Å². The van der Waals surface area contributed by atoms with Gasteiger partial charge in [-0.2, -0.15) is 0 Å². The van der Waals surface area contributed by atoms with E-state index in [-0.39, 0.29) is 10.8 Å². The molecular weight excluding hydrogens is 819 g/mol. The summed E-state index contributed by atoms with van der Waals surface area (Å²) >= 11 is 0. The molecule has 1 spiro atoms. The number of anilines is 3. The fourth-order valence-corrected chi connectivity index (χ4v) is 13.2. The van der Waals surface area contributed by atoms with E-state index < -0.39 is 5.41 Å². The van der Waals surface area contributed by atoms with Crippen molar-refractivity contribution in [2.75, 3.05) is 4.90 Å². The van der Waals surface area contributed by atoms with Crippen molar-refractivity contribution < 1.29 is 0 Å². The largest absolute Gasteiger partial charge is 0.310 e. The Morgan fingerprint density at radius 1 is 0.250 bits per heavy atom. The second-order valence-electron chi connectivity index (χ2n) is 20.4. The van der Waals surface area contributed by atoms with Crippen LogP contribution in [0.4, 0.5) is 17.1 Å². The van der Waals surface area contributed by atoms with E-state index in [4.69, 9.17) is 0 Å². The fraction of sp³-hybridized carbons (Fsp3) is 0.104. The van der Waals surface area contributed by atoms with Crippen LogP contribution in [0.15, 0.2) is 224 Å². The minimum absolute atomic E-state index is 0.119. The summed E-state index contributed by atoms with van der Waals surface area (Å²) in [7, 11) is 0. The highest BCUT2D eigenvalue weighted by Crippen LogP contribution is 2.65. The van der Waals surface area contributed by atoms with Crippen LogP contribution in [0.2, 0.25) is 0 Å². The molecular formula is C67H49N. The van der Waals surface area contributed by atoms with Gasteiger partial charge < -0.3 is 4.90 Å². The van der Waals surface area contributed by atoms with Crippen molar-refractivity contribution in [2.24, 2.45) is 0 Å². The summed E-state index contributed by atoms with van der Waals surface area (Å²) in [5.41, 5.74) is 29.2. The molecule has 4 aliphatic rings. The second kappa shape index (κ2) is 14.0. The number of nitrogens with zero attached hydrogens (tertiary/aromatic N) is 1. The Morgan fingerprint density at radius 2 is 0.647 bits per heavy atom. The van der Waals surface area contributed by atoms with Crippen molar-refractivity contribution in [3.8, 4) is 66.8 Å². The molecule has 14 rings (SSSR count). The minimum Gasteiger partial charge on any atom is -0.310 e. The first-order valence-corrected chi connectivity index (χ1v) is 24.2. The highest BCUT2D eigenvalue weighted by atomic mass is 15.1. The average molecular weight is 868 g/mol. The molecule has 68 heavy (non-hydrogen) atoms. The molecule has 0 atom stereocenters. The van der Waals surface area contributed by atoms with E-state index >= 15 is 0 Å². The van der Waals surface area contributed by atoms with E-state index in [1.165, 1.54) is 111 Å². The maximum atomic E-state index is 2.51. The zero-order chi connectivity index (χ0) is 45.5. The summed E-state index contributed by atoms with van der Waals surface area (Å²) in [4.78, 5) is 2.48. The highest BCUT2D eigenvalue weighted by Gasteiger charge is 2.53. The zero-order valence-corrected chi connectivity index (χ0v) is 38.8. The minimum atomic E-state index is -0.473. The van der Waals surface area contributed by atoms with Gasteiger partial charge in [0, 0.05) is 27.9 Å². The van der Waals surface area contributed by atoms with Gasteiger partial charge in [-0.05, 0) is 154 Å². The van der Waals surface area contributed by atoms with Crippen molar-refractivity contribution in [2.45, 2.75) is 43.9 Å². The van der Waals surface area contributed by atoms with Crippen LogP contribution >= 0.6 is 0 Å². The van der Waals surface area contributed by atoms with Crippen LogP contribution in [0, 0.1) is 0 Å². The molecule has 1 nitrogen and oxygen atoms in total. The molecule has 0 saturated carbocycles. The van der Waals surface area contributed by atoms with Crippen LogP contribution < -0.4 is 4.90 Å². The Kier molecular flexibility index (Phi) is 8.08. The first-order chi connectivity index (χ1) is 33.2. The summed E-state index contributed by atoms with van der Waals surface area (Å²) in [6, 6.07) is 84.9. The van der Waals surface area contributed by atoms with Crippen LogP contribution in [-0.4, -0.2) is 0 Å². The monoisotopic (exact) mass is 867 g/mol. The molecule has 1 heteroatoms. The first-order valence-electron chi connectivity index (χ1n) is 24.2. The third-order valence-electron chi connectivity index (χ3n) is 16.3. The van der Waals surface area contributed by atoms with Gasteiger partial charge in [-0.1, -0.05) is 210 Å². The smallest absolute Gasteiger partial charge is 0.0731 e. The molecule has 0 unspecified atom stereocenters. The molecule has 10 aromatic carbocycles. The first kappa shape index (κ1) is 39.2. The molecule has 0 radical (unpaired) electrons. The lowest BCUT2D eigenvalue weighted by atomic mass is 9.68. The predicted octanol–water partition coefficient (Wildman–Crippen LogP) is 17.4. The van der Waals surface area contributed by atoms with E-state index in [1.807, 2.05) is 0 Å². The Hall–Kier alpha value is -8.00. The van der Waals surface area contributed by atoms with Crippen LogP contribution in [0.3, 0.4) is 0 Å². The second-order valence-corrected chi connectivity index (χ2v) is 20.4. The molecule has 10 aromatic rings. The summed E-state index contributed by atoms with van der Waals surface area (Å²) in [6.45, 7) is 9.50. The molecule has 0 heterocycles. The molecule has 0 saturated heterocycles. The summed E-state index contributed by atoms with van der Waals surface area (Å²) < 4.78 is 0. The van der Waals surface area contributed by atoms with Crippen molar-refractivity contribution in [3.63, 3.8) is 0 Å². The maximum absolute atomic E-state index is 2.51. The van der Waals surface area contributed by atoms with Gasteiger partial charge in [0.2, 0.25) is 0 Å². The van der Waals surface area contributed by atoms with Gasteiger partial charge in [-0.25, -0.2) is 0 Å². The Balaban J connectivity index is 0.931. The lowest BCUT2D eigenvalue weighted by Gasteiger charge is -2.32. The molecule has 0 amide bonds. The number of hydrogen-bond donors (Lipinski definition) is 0. The van der Waals surface area contributed by atoms with Gasteiger partial charge in [0.05, 0.1) is 5.41 Å². The predicted molar refractivity (Wildman–Crippen MR) is 283 cm³/mol. The maximum Gasteiger partial charge on any atom is 0.0731 e. The van der Waals surface area contributed by atoms with Gasteiger partial charge >= 0.3 is 0 Å². The molecule has 0 fully saturated rings. The van der Waals surface area contributed by atoms with E-state index in [1.54, 1.807) is 0 Å². The number of fused-ring (bicyclic) bond motifs is 16. The molecule has 0 bridgehead atoms. The molecule has 4 aliphatic carbocycles. The van der Waals surface area contributed by atoms with Crippen molar-refractivity contribution >= 4 is 17.1 Å². The molecule has 0 aromatic heterocycles. The lowest BCUT2D eigenvalue weighted by molar-refractivity contribution is 0.660. The standard InChI is InChI=1S/C67H49N/c1-65(2)57-25-12-8-19-49(57)53-37-34-46(40-61(53)65)68(47-35-38-54-50-20-9-13-26-58(50)66(3,4)62(54)41-47)45-32-29-42(30-33-45)44-31-36-55-56-24-16-23-48(43-17-6-5-7-18-43)64(56)67(63(55)39-44)59-27-14-10-21-51(59)52-22-11-15-28-60(52)67/h5-41H,1-4H3. The average Bonchev–Trinajstić information content (AvgIpc) is 4.02. The summed E-state index contributed by atoms with van der Waals surface area (Å²) in [5.74, 6) is 0. The molecule has 0 N–H and O–H groups in total. The number of hydrogen-bond acceptors (Lipinski definition) is 1. The van der Waals surface area contributed by atoms with Gasteiger partial charge in [-0.3, -0.25) is 0 Å².